The van der Waals surface area contributed by atoms with Gasteiger partial charge in [0.25, 0.3) is 0 Å². The number of benzene rings is 9. The first-order valence-electron chi connectivity index (χ1n) is 18.7. The number of anilines is 3. The van der Waals surface area contributed by atoms with Crippen molar-refractivity contribution in [2.24, 2.45) is 0 Å². The first-order chi connectivity index (χ1) is 27.2. The highest BCUT2D eigenvalue weighted by atomic mass is 32.1. The van der Waals surface area contributed by atoms with E-state index in [2.05, 4.69) is 216 Å². The Labute approximate surface area is 323 Å². The molecular weight excluding hydrogens is 685 g/mol. The third kappa shape index (κ3) is 5.40. The Morgan fingerprint density at radius 2 is 0.964 bits per heavy atom. The second kappa shape index (κ2) is 12.9. The van der Waals surface area contributed by atoms with Gasteiger partial charge >= 0.3 is 0 Å². The number of para-hydroxylation sites is 3. The first kappa shape index (κ1) is 31.6. The Kier molecular flexibility index (Phi) is 7.39. The second-order valence-electron chi connectivity index (χ2n) is 14.2. The predicted octanol–water partition coefficient (Wildman–Crippen LogP) is 15.1. The summed E-state index contributed by atoms with van der Waals surface area (Å²) < 4.78 is 5.01. The van der Waals surface area contributed by atoms with Gasteiger partial charge in [0.1, 0.15) is 0 Å². The molecule has 0 saturated heterocycles. The molecule has 0 atom stereocenters. The number of aromatic nitrogens is 1. The molecule has 0 bridgehead atoms. The van der Waals surface area contributed by atoms with Gasteiger partial charge in [-0.15, -0.1) is 11.3 Å². The van der Waals surface area contributed by atoms with Crippen LogP contribution in [0.25, 0.3) is 80.7 Å². The fourth-order valence-electron chi connectivity index (χ4n) is 8.33. The van der Waals surface area contributed by atoms with Crippen LogP contribution in [0.1, 0.15) is 0 Å². The first-order valence-corrected chi connectivity index (χ1v) is 19.6. The molecule has 2 nitrogen and oxygen atoms in total. The van der Waals surface area contributed by atoms with Crippen molar-refractivity contribution < 1.29 is 0 Å². The number of thiophene rings is 1. The van der Waals surface area contributed by atoms with Gasteiger partial charge in [-0.1, -0.05) is 121 Å². The SMILES string of the molecule is c1ccc(N(c2cc(-c3ccc4ccccc4c3)cc(-c3ccc4c5ccccc5n(-c5ccccc5)c4c3)c2)c2ccc3sc4ccccc4c3c2)cc1. The van der Waals surface area contributed by atoms with Crippen molar-refractivity contribution in [2.45, 2.75) is 0 Å². The summed E-state index contributed by atoms with van der Waals surface area (Å²) in [7, 11) is 0. The third-order valence-corrected chi connectivity index (χ3v) is 12.1. The fraction of sp³-hybridized carbons (Fsp3) is 0. The van der Waals surface area contributed by atoms with Gasteiger partial charge in [-0.05, 0) is 118 Å². The van der Waals surface area contributed by atoms with Gasteiger partial charge in [0.05, 0.1) is 11.0 Å². The molecule has 0 fully saturated rings. The zero-order chi connectivity index (χ0) is 36.3. The standard InChI is InChI=1S/C52H34N2S/c1-3-15-41(16-4-1)53(43-26-28-52-48(34-43)47-20-10-12-22-51(47)55-52)44-31-39(37-24-23-35-13-7-8-14-36(35)29-37)30-40(32-44)38-25-27-46-45-19-9-11-21-49(45)54(50(46)33-38)42-17-5-2-6-18-42/h1-34H. The van der Waals surface area contributed by atoms with Crippen LogP contribution < -0.4 is 4.90 Å². The predicted molar refractivity (Wildman–Crippen MR) is 237 cm³/mol. The Bertz CT molecular complexity index is 3210. The Morgan fingerprint density at radius 3 is 1.80 bits per heavy atom. The van der Waals surface area contributed by atoms with Gasteiger partial charge in [0.15, 0.2) is 0 Å². The van der Waals surface area contributed by atoms with Gasteiger partial charge in [-0.2, -0.15) is 0 Å². The smallest absolute Gasteiger partial charge is 0.0547 e. The van der Waals surface area contributed by atoms with Gasteiger partial charge in [-0.3, -0.25) is 0 Å². The van der Waals surface area contributed by atoms with E-state index in [4.69, 9.17) is 0 Å². The van der Waals surface area contributed by atoms with E-state index in [1.807, 2.05) is 11.3 Å². The van der Waals surface area contributed by atoms with E-state index in [9.17, 15) is 0 Å². The number of hydrogen-bond acceptors (Lipinski definition) is 2. The summed E-state index contributed by atoms with van der Waals surface area (Å²) in [5.41, 5.74) is 11.6. The molecule has 2 aromatic heterocycles. The van der Waals surface area contributed by atoms with Gasteiger partial charge < -0.3 is 9.47 Å². The molecule has 11 rings (SSSR count). The van der Waals surface area contributed by atoms with Gasteiger partial charge in [0, 0.05) is 53.7 Å². The van der Waals surface area contributed by atoms with E-state index in [0.717, 1.165) is 28.3 Å². The van der Waals surface area contributed by atoms with E-state index in [-0.39, 0.29) is 0 Å². The summed E-state index contributed by atoms with van der Waals surface area (Å²) >= 11 is 1.86. The van der Waals surface area contributed by atoms with Crippen LogP contribution in [0.15, 0.2) is 206 Å². The molecule has 0 N–H and O–H groups in total. The summed E-state index contributed by atoms with van der Waals surface area (Å²) in [6.07, 6.45) is 0. The molecule has 0 aliphatic carbocycles. The lowest BCUT2D eigenvalue weighted by Crippen LogP contribution is -2.10. The summed E-state index contributed by atoms with van der Waals surface area (Å²) in [4.78, 5) is 2.42. The quantitative estimate of drug-likeness (QED) is 0.166. The summed E-state index contributed by atoms with van der Waals surface area (Å²) in [5.74, 6) is 0. The number of nitrogens with zero attached hydrogens (tertiary/aromatic N) is 2. The lowest BCUT2D eigenvalue weighted by atomic mass is 9.95. The average Bonchev–Trinajstić information content (AvgIpc) is 3.79. The van der Waals surface area contributed by atoms with Crippen molar-refractivity contribution in [1.82, 2.24) is 4.57 Å². The van der Waals surface area contributed by atoms with E-state index in [1.165, 1.54) is 69.4 Å². The largest absolute Gasteiger partial charge is 0.310 e. The molecular formula is C52H34N2S. The van der Waals surface area contributed by atoms with Crippen LogP contribution in [0.5, 0.6) is 0 Å². The maximum atomic E-state index is 2.42. The van der Waals surface area contributed by atoms with Crippen molar-refractivity contribution in [3.05, 3.63) is 206 Å². The fourth-order valence-corrected chi connectivity index (χ4v) is 9.41. The van der Waals surface area contributed by atoms with Crippen molar-refractivity contribution in [2.75, 3.05) is 4.90 Å². The van der Waals surface area contributed by atoms with Crippen LogP contribution in [0.4, 0.5) is 17.1 Å². The molecule has 0 unspecified atom stereocenters. The number of hydrogen-bond donors (Lipinski definition) is 0. The van der Waals surface area contributed by atoms with Crippen molar-refractivity contribution >= 4 is 81.1 Å². The van der Waals surface area contributed by atoms with Crippen LogP contribution in [0.3, 0.4) is 0 Å². The molecule has 258 valence electrons. The minimum absolute atomic E-state index is 1.11. The number of rotatable bonds is 6. The summed E-state index contributed by atoms with van der Waals surface area (Å²) in [5, 5.41) is 7.55. The van der Waals surface area contributed by atoms with Gasteiger partial charge in [0.2, 0.25) is 0 Å². The zero-order valence-corrected chi connectivity index (χ0v) is 30.7. The maximum Gasteiger partial charge on any atom is 0.0547 e. The minimum Gasteiger partial charge on any atom is -0.310 e. The second-order valence-corrected chi connectivity index (χ2v) is 15.3. The third-order valence-electron chi connectivity index (χ3n) is 10.9. The molecule has 9 aromatic carbocycles. The van der Waals surface area contributed by atoms with E-state index in [0.29, 0.717) is 0 Å². The van der Waals surface area contributed by atoms with Crippen LogP contribution in [-0.2, 0) is 0 Å². The Balaban J connectivity index is 1.17. The van der Waals surface area contributed by atoms with Gasteiger partial charge in [-0.25, -0.2) is 0 Å². The molecule has 0 amide bonds. The van der Waals surface area contributed by atoms with Crippen molar-refractivity contribution in [3.63, 3.8) is 0 Å². The highest BCUT2D eigenvalue weighted by Gasteiger charge is 2.19. The monoisotopic (exact) mass is 718 g/mol. The number of fused-ring (bicyclic) bond motifs is 7. The molecule has 0 aliphatic heterocycles. The summed E-state index contributed by atoms with van der Waals surface area (Å²) in [6, 6.07) is 75.4. The molecule has 11 aromatic rings. The molecule has 55 heavy (non-hydrogen) atoms. The lowest BCUT2D eigenvalue weighted by Gasteiger charge is -2.27. The molecule has 0 aliphatic rings. The van der Waals surface area contributed by atoms with Crippen LogP contribution >= 0.6 is 11.3 Å². The topological polar surface area (TPSA) is 8.17 Å². The molecule has 3 heteroatoms. The zero-order valence-electron chi connectivity index (χ0n) is 29.9. The molecule has 0 spiro atoms. The average molecular weight is 719 g/mol. The Morgan fingerprint density at radius 1 is 0.327 bits per heavy atom. The van der Waals surface area contributed by atoms with E-state index < -0.39 is 0 Å². The van der Waals surface area contributed by atoms with E-state index >= 15 is 0 Å². The molecule has 2 heterocycles. The molecule has 0 saturated carbocycles. The maximum absolute atomic E-state index is 2.42. The summed E-state index contributed by atoms with van der Waals surface area (Å²) in [6.45, 7) is 0. The Hall–Kier alpha value is -6.94. The normalized spacial score (nSPS) is 11.6. The lowest BCUT2D eigenvalue weighted by molar-refractivity contribution is 1.18. The highest BCUT2D eigenvalue weighted by Crippen LogP contribution is 2.44. The van der Waals surface area contributed by atoms with Crippen molar-refractivity contribution in [1.29, 1.82) is 0 Å². The molecule has 0 radical (unpaired) electrons. The van der Waals surface area contributed by atoms with Crippen molar-refractivity contribution in [3.8, 4) is 27.9 Å². The van der Waals surface area contributed by atoms with Crippen LogP contribution in [-0.4, -0.2) is 4.57 Å². The minimum atomic E-state index is 1.11. The van der Waals surface area contributed by atoms with Crippen LogP contribution in [0, 0.1) is 0 Å². The highest BCUT2D eigenvalue weighted by molar-refractivity contribution is 7.25. The van der Waals surface area contributed by atoms with E-state index in [1.54, 1.807) is 0 Å². The van der Waals surface area contributed by atoms with Crippen LogP contribution in [0.2, 0.25) is 0 Å².